The normalized spacial score (nSPS) is 11.2. The zero-order valence-corrected chi connectivity index (χ0v) is 17.8. The van der Waals surface area contributed by atoms with Crippen molar-refractivity contribution in [1.29, 1.82) is 5.26 Å². The van der Waals surface area contributed by atoms with Gasteiger partial charge in [0.05, 0.1) is 11.6 Å². The highest BCUT2D eigenvalue weighted by Crippen LogP contribution is 2.27. The van der Waals surface area contributed by atoms with Crippen molar-refractivity contribution in [3.05, 3.63) is 111 Å². The SMILES string of the molecule is N#C/C(=C/c1ccccc1OCc1cccc2ccccc12)c1ccc(I)cc1. The summed E-state index contributed by atoms with van der Waals surface area (Å²) in [5, 5.41) is 12.1. The number of para-hydroxylation sites is 1. The largest absolute Gasteiger partial charge is 0.488 e. The lowest BCUT2D eigenvalue weighted by atomic mass is 10.0. The Balaban J connectivity index is 1.63. The van der Waals surface area contributed by atoms with Crippen LogP contribution >= 0.6 is 22.6 Å². The maximum atomic E-state index is 9.67. The van der Waals surface area contributed by atoms with Crippen LogP contribution in [0.3, 0.4) is 0 Å². The van der Waals surface area contributed by atoms with E-state index in [1.54, 1.807) is 0 Å². The van der Waals surface area contributed by atoms with Gasteiger partial charge in [-0.25, -0.2) is 0 Å². The molecule has 0 fully saturated rings. The van der Waals surface area contributed by atoms with Gasteiger partial charge in [0.1, 0.15) is 12.4 Å². The van der Waals surface area contributed by atoms with Crippen molar-refractivity contribution in [2.75, 3.05) is 0 Å². The summed E-state index contributed by atoms with van der Waals surface area (Å²) in [6.07, 6.45) is 1.89. The molecular weight excluding hydrogens is 469 g/mol. The van der Waals surface area contributed by atoms with Crippen LogP contribution in [0, 0.1) is 14.9 Å². The van der Waals surface area contributed by atoms with Gasteiger partial charge in [-0.15, -0.1) is 0 Å². The highest BCUT2D eigenvalue weighted by atomic mass is 127. The number of nitriles is 1. The first kappa shape index (κ1) is 19.2. The van der Waals surface area contributed by atoms with Gasteiger partial charge >= 0.3 is 0 Å². The van der Waals surface area contributed by atoms with E-state index in [-0.39, 0.29) is 0 Å². The molecule has 2 nitrogen and oxygen atoms in total. The summed E-state index contributed by atoms with van der Waals surface area (Å²) in [4.78, 5) is 0. The van der Waals surface area contributed by atoms with Gasteiger partial charge in [0, 0.05) is 9.13 Å². The Bertz CT molecular complexity index is 1210. The zero-order valence-electron chi connectivity index (χ0n) is 15.7. The average molecular weight is 487 g/mol. The van der Waals surface area contributed by atoms with Crippen molar-refractivity contribution in [3.63, 3.8) is 0 Å². The fourth-order valence-corrected chi connectivity index (χ4v) is 3.63. The van der Waals surface area contributed by atoms with Crippen LogP contribution in [0.1, 0.15) is 16.7 Å². The molecule has 0 bridgehead atoms. The molecule has 0 aliphatic heterocycles. The minimum atomic E-state index is 0.470. The number of ether oxygens (including phenoxy) is 1. The van der Waals surface area contributed by atoms with E-state index in [2.05, 4.69) is 59.0 Å². The number of fused-ring (bicyclic) bond motifs is 1. The third-order valence-corrected chi connectivity index (χ3v) is 5.48. The minimum Gasteiger partial charge on any atom is -0.488 e. The molecule has 29 heavy (non-hydrogen) atoms. The second-order valence-electron chi connectivity index (χ2n) is 6.64. The van der Waals surface area contributed by atoms with Crippen LogP contribution in [-0.4, -0.2) is 0 Å². The summed E-state index contributed by atoms with van der Waals surface area (Å²) in [5.74, 6) is 0.763. The molecular formula is C26H18INO. The summed E-state index contributed by atoms with van der Waals surface area (Å²) in [5.41, 5.74) is 3.54. The Labute approximate surface area is 184 Å². The van der Waals surface area contributed by atoms with Gasteiger partial charge in [-0.3, -0.25) is 0 Å². The van der Waals surface area contributed by atoms with Crippen LogP contribution in [-0.2, 0) is 6.61 Å². The van der Waals surface area contributed by atoms with Crippen LogP contribution < -0.4 is 4.74 Å². The van der Waals surface area contributed by atoms with Crippen LogP contribution in [0.5, 0.6) is 5.75 Å². The topological polar surface area (TPSA) is 33.0 Å². The smallest absolute Gasteiger partial charge is 0.127 e. The number of allylic oxidation sites excluding steroid dienone is 1. The number of nitrogens with zero attached hydrogens (tertiary/aromatic N) is 1. The number of hydrogen-bond acceptors (Lipinski definition) is 2. The summed E-state index contributed by atoms with van der Waals surface area (Å²) in [6, 6.07) is 32.6. The number of rotatable bonds is 5. The lowest BCUT2D eigenvalue weighted by Crippen LogP contribution is -1.98. The Morgan fingerprint density at radius 2 is 1.59 bits per heavy atom. The van der Waals surface area contributed by atoms with Crippen LogP contribution in [0.2, 0.25) is 0 Å². The monoisotopic (exact) mass is 487 g/mol. The summed E-state index contributed by atoms with van der Waals surface area (Å²) < 4.78 is 7.32. The molecule has 0 radical (unpaired) electrons. The Morgan fingerprint density at radius 1 is 0.862 bits per heavy atom. The quantitative estimate of drug-likeness (QED) is 0.171. The van der Waals surface area contributed by atoms with E-state index in [1.807, 2.05) is 66.7 Å². The number of hydrogen-bond donors (Lipinski definition) is 0. The van der Waals surface area contributed by atoms with E-state index < -0.39 is 0 Å². The maximum Gasteiger partial charge on any atom is 0.127 e. The molecule has 0 amide bonds. The second kappa shape index (κ2) is 8.93. The Hall–Kier alpha value is -3.10. The third-order valence-electron chi connectivity index (χ3n) is 4.76. The van der Waals surface area contributed by atoms with Gasteiger partial charge in [0.15, 0.2) is 0 Å². The van der Waals surface area contributed by atoms with E-state index in [9.17, 15) is 5.26 Å². The molecule has 0 saturated heterocycles. The second-order valence-corrected chi connectivity index (χ2v) is 7.89. The fourth-order valence-electron chi connectivity index (χ4n) is 3.27. The molecule has 4 aromatic rings. The highest BCUT2D eigenvalue weighted by Gasteiger charge is 2.07. The van der Waals surface area contributed by atoms with Crippen molar-refractivity contribution < 1.29 is 4.74 Å². The lowest BCUT2D eigenvalue weighted by Gasteiger charge is -2.12. The van der Waals surface area contributed by atoms with Gasteiger partial charge in [-0.1, -0.05) is 72.8 Å². The Kier molecular flexibility index (Phi) is 5.92. The summed E-state index contributed by atoms with van der Waals surface area (Å²) in [6.45, 7) is 0.470. The maximum absolute atomic E-state index is 9.67. The van der Waals surface area contributed by atoms with Crippen molar-refractivity contribution in [2.45, 2.75) is 6.61 Å². The van der Waals surface area contributed by atoms with Gasteiger partial charge in [-0.05, 0) is 68.8 Å². The zero-order chi connectivity index (χ0) is 20.1. The van der Waals surface area contributed by atoms with Crippen molar-refractivity contribution in [1.82, 2.24) is 0 Å². The average Bonchev–Trinajstić information content (AvgIpc) is 2.77. The van der Waals surface area contributed by atoms with Crippen LogP contribution in [0.15, 0.2) is 91.0 Å². The standard InChI is InChI=1S/C26H18INO/c27-24-14-12-19(13-15-24)23(17-28)16-21-7-2-4-11-26(21)29-18-22-9-5-8-20-6-1-3-10-25(20)22/h1-16H,18H2/b23-16-. The van der Waals surface area contributed by atoms with Gasteiger partial charge in [-0.2, -0.15) is 5.26 Å². The van der Waals surface area contributed by atoms with Gasteiger partial charge < -0.3 is 4.74 Å². The first-order valence-corrected chi connectivity index (χ1v) is 10.4. The van der Waals surface area contributed by atoms with E-state index in [0.717, 1.165) is 26.0 Å². The summed E-state index contributed by atoms with van der Waals surface area (Å²) >= 11 is 2.26. The lowest BCUT2D eigenvalue weighted by molar-refractivity contribution is 0.307. The van der Waals surface area contributed by atoms with E-state index in [0.29, 0.717) is 12.2 Å². The molecule has 140 valence electrons. The van der Waals surface area contributed by atoms with Crippen LogP contribution in [0.4, 0.5) is 0 Å². The molecule has 0 saturated carbocycles. The predicted octanol–water partition coefficient (Wildman–Crippen LogP) is 7.09. The molecule has 0 spiro atoms. The molecule has 0 heterocycles. The van der Waals surface area contributed by atoms with Gasteiger partial charge in [0.25, 0.3) is 0 Å². The van der Waals surface area contributed by atoms with Crippen molar-refractivity contribution in [2.24, 2.45) is 0 Å². The first-order chi connectivity index (χ1) is 14.2. The fraction of sp³-hybridized carbons (Fsp3) is 0.0385. The number of benzene rings is 4. The van der Waals surface area contributed by atoms with E-state index in [1.165, 1.54) is 10.8 Å². The molecule has 4 aromatic carbocycles. The molecule has 0 aromatic heterocycles. The molecule has 4 rings (SSSR count). The van der Waals surface area contributed by atoms with Crippen LogP contribution in [0.25, 0.3) is 22.4 Å². The van der Waals surface area contributed by atoms with Crippen molar-refractivity contribution in [3.8, 4) is 11.8 Å². The summed E-state index contributed by atoms with van der Waals surface area (Å²) in [7, 11) is 0. The van der Waals surface area contributed by atoms with E-state index in [4.69, 9.17) is 4.74 Å². The first-order valence-electron chi connectivity index (χ1n) is 9.31. The third kappa shape index (κ3) is 4.49. The highest BCUT2D eigenvalue weighted by molar-refractivity contribution is 14.1. The van der Waals surface area contributed by atoms with E-state index >= 15 is 0 Å². The minimum absolute atomic E-state index is 0.470. The predicted molar refractivity (Wildman–Crippen MR) is 127 cm³/mol. The molecule has 0 aliphatic carbocycles. The molecule has 0 atom stereocenters. The van der Waals surface area contributed by atoms with Gasteiger partial charge in [0.2, 0.25) is 0 Å². The molecule has 3 heteroatoms. The molecule has 0 N–H and O–H groups in total. The molecule has 0 unspecified atom stereocenters. The Morgan fingerprint density at radius 3 is 2.41 bits per heavy atom. The number of halogens is 1. The molecule has 0 aliphatic rings. The van der Waals surface area contributed by atoms with Crippen molar-refractivity contribution >= 4 is 45.0 Å².